The molecule has 1 aliphatic rings. The summed E-state index contributed by atoms with van der Waals surface area (Å²) < 4.78 is 4.89. The third kappa shape index (κ3) is 3.61. The van der Waals surface area contributed by atoms with E-state index in [0.29, 0.717) is 25.2 Å². The molecule has 2 atom stereocenters. The Morgan fingerprint density at radius 1 is 1.53 bits per heavy atom. The Morgan fingerprint density at radius 2 is 2.24 bits per heavy atom. The van der Waals surface area contributed by atoms with Crippen LogP contribution in [0.3, 0.4) is 0 Å². The Balaban J connectivity index is 2.61. The lowest BCUT2D eigenvalue weighted by atomic mass is 10.2. The molecule has 2 unspecified atom stereocenters. The summed E-state index contributed by atoms with van der Waals surface area (Å²) in [5.74, 6) is -0.496. The second-order valence-electron chi connectivity index (χ2n) is 3.95. The summed E-state index contributed by atoms with van der Waals surface area (Å²) in [5, 5.41) is 9.09. The molecule has 0 saturated carbocycles. The Hall–Kier alpha value is -0.750. The number of nitrogens with zero attached hydrogens (tertiary/aromatic N) is 1. The lowest BCUT2D eigenvalue weighted by Crippen LogP contribution is -2.45. The number of carboxylic acid groups (broad SMARTS) is 1. The predicted octanol–water partition coefficient (Wildman–Crippen LogP) is 1.18. The van der Waals surface area contributed by atoms with E-state index in [2.05, 4.69) is 0 Å². The third-order valence-corrected chi connectivity index (χ3v) is 4.21. The van der Waals surface area contributed by atoms with E-state index in [4.69, 9.17) is 9.84 Å². The lowest BCUT2D eigenvalue weighted by molar-refractivity contribution is -0.149. The number of hydrogen-bond donors (Lipinski definition) is 1. The molecule has 1 N–H and O–H groups in total. The van der Waals surface area contributed by atoms with Gasteiger partial charge in [0, 0.05) is 25.9 Å². The van der Waals surface area contributed by atoms with Gasteiger partial charge in [-0.1, -0.05) is 6.92 Å². The number of hydrogen-bond acceptors (Lipinski definition) is 4. The minimum Gasteiger partial charge on any atom is -0.480 e. The first-order valence-corrected chi connectivity index (χ1v) is 6.81. The van der Waals surface area contributed by atoms with Crippen LogP contribution in [0.5, 0.6) is 0 Å². The van der Waals surface area contributed by atoms with E-state index in [9.17, 15) is 9.59 Å². The Morgan fingerprint density at radius 3 is 2.76 bits per heavy atom. The number of methoxy groups -OCH3 is 1. The molecule has 0 aromatic rings. The summed E-state index contributed by atoms with van der Waals surface area (Å²) in [6, 6.07) is -0.667. The number of carbonyl (C=O) groups excluding carboxylic acids is 1. The lowest BCUT2D eigenvalue weighted by Gasteiger charge is -2.26. The zero-order valence-electron chi connectivity index (χ0n) is 10.2. The largest absolute Gasteiger partial charge is 0.480 e. The fourth-order valence-electron chi connectivity index (χ4n) is 1.90. The molecule has 1 heterocycles. The van der Waals surface area contributed by atoms with Crippen LogP contribution in [0.15, 0.2) is 0 Å². The molecule has 5 nitrogen and oxygen atoms in total. The van der Waals surface area contributed by atoms with Gasteiger partial charge in [0.1, 0.15) is 6.04 Å². The van der Waals surface area contributed by atoms with E-state index in [0.717, 1.165) is 6.42 Å². The van der Waals surface area contributed by atoms with Gasteiger partial charge in [-0.2, -0.15) is 0 Å². The minimum absolute atomic E-state index is 0.00569. The zero-order valence-corrected chi connectivity index (χ0v) is 11.0. The summed E-state index contributed by atoms with van der Waals surface area (Å²) in [6.07, 6.45) is 1.78. The van der Waals surface area contributed by atoms with E-state index in [-0.39, 0.29) is 11.3 Å². The van der Waals surface area contributed by atoms with Crippen LogP contribution in [0.25, 0.3) is 0 Å². The van der Waals surface area contributed by atoms with Crippen LogP contribution in [-0.2, 0) is 14.3 Å². The van der Waals surface area contributed by atoms with Gasteiger partial charge < -0.3 is 14.7 Å². The number of carboxylic acids is 1. The van der Waals surface area contributed by atoms with Gasteiger partial charge in [0.15, 0.2) is 0 Å². The van der Waals surface area contributed by atoms with Gasteiger partial charge in [0.25, 0.3) is 0 Å². The molecule has 1 aliphatic heterocycles. The van der Waals surface area contributed by atoms with Crippen molar-refractivity contribution in [3.63, 3.8) is 0 Å². The summed E-state index contributed by atoms with van der Waals surface area (Å²) >= 11 is 1.55. The number of rotatable bonds is 6. The first kappa shape index (κ1) is 14.3. The molecular formula is C11H19NO4S. The maximum Gasteiger partial charge on any atom is 0.327 e. The van der Waals surface area contributed by atoms with Crippen LogP contribution in [-0.4, -0.2) is 52.8 Å². The van der Waals surface area contributed by atoms with E-state index in [1.807, 2.05) is 6.92 Å². The Labute approximate surface area is 105 Å². The average molecular weight is 261 g/mol. The first-order valence-electron chi connectivity index (χ1n) is 5.76. The van der Waals surface area contributed by atoms with E-state index in [1.54, 1.807) is 18.9 Å². The van der Waals surface area contributed by atoms with Crippen molar-refractivity contribution in [1.29, 1.82) is 0 Å². The molecule has 0 bridgehead atoms. The van der Waals surface area contributed by atoms with Crippen molar-refractivity contribution in [1.82, 2.24) is 4.90 Å². The number of ether oxygens (including phenoxy) is 1. The number of amides is 1. The van der Waals surface area contributed by atoms with Crippen molar-refractivity contribution in [2.24, 2.45) is 0 Å². The highest BCUT2D eigenvalue weighted by atomic mass is 32.2. The summed E-state index contributed by atoms with van der Waals surface area (Å²) in [5.41, 5.74) is 0. The van der Waals surface area contributed by atoms with Gasteiger partial charge in [-0.05, 0) is 12.8 Å². The molecule has 98 valence electrons. The van der Waals surface area contributed by atoms with Crippen LogP contribution in [0.1, 0.15) is 26.2 Å². The molecule has 0 aromatic heterocycles. The fraction of sp³-hybridized carbons (Fsp3) is 0.818. The molecule has 0 spiro atoms. The number of aliphatic carboxylic acids is 1. The van der Waals surface area contributed by atoms with Crippen LogP contribution < -0.4 is 0 Å². The van der Waals surface area contributed by atoms with Crippen molar-refractivity contribution < 1.29 is 19.4 Å². The Kier molecular flexibility index (Phi) is 5.77. The number of carbonyl (C=O) groups is 2. The maximum absolute atomic E-state index is 12.0. The summed E-state index contributed by atoms with van der Waals surface area (Å²) in [6.45, 7) is 2.50. The fourth-order valence-corrected chi connectivity index (χ4v) is 3.27. The van der Waals surface area contributed by atoms with Crippen LogP contribution in [0.2, 0.25) is 0 Å². The molecule has 1 amide bonds. The van der Waals surface area contributed by atoms with Gasteiger partial charge >= 0.3 is 5.97 Å². The van der Waals surface area contributed by atoms with E-state index in [1.165, 1.54) is 4.90 Å². The normalized spacial score (nSPS) is 24.0. The molecule has 0 aliphatic carbocycles. The summed E-state index contributed by atoms with van der Waals surface area (Å²) in [7, 11) is 1.59. The highest BCUT2D eigenvalue weighted by molar-refractivity contribution is 8.00. The third-order valence-electron chi connectivity index (χ3n) is 2.75. The van der Waals surface area contributed by atoms with E-state index >= 15 is 0 Å². The smallest absolute Gasteiger partial charge is 0.327 e. The monoisotopic (exact) mass is 261 g/mol. The molecule has 17 heavy (non-hydrogen) atoms. The molecule has 0 aromatic carbocycles. The standard InChI is InChI=1S/C11H19NO4S/c1-3-10-12(8(7-17-10)11(14)15)9(13)5-4-6-16-2/h8,10H,3-7H2,1-2H3,(H,14,15). The van der Waals surface area contributed by atoms with Gasteiger partial charge in [0.05, 0.1) is 5.37 Å². The molecule has 0 radical (unpaired) electrons. The van der Waals surface area contributed by atoms with Gasteiger partial charge in [-0.25, -0.2) is 4.79 Å². The predicted molar refractivity (Wildman–Crippen MR) is 65.9 cm³/mol. The van der Waals surface area contributed by atoms with Crippen molar-refractivity contribution >= 4 is 23.6 Å². The highest BCUT2D eigenvalue weighted by Gasteiger charge is 2.40. The van der Waals surface area contributed by atoms with Crippen molar-refractivity contribution in [2.75, 3.05) is 19.5 Å². The Bertz CT molecular complexity index is 285. The molecule has 1 saturated heterocycles. The highest BCUT2D eigenvalue weighted by Crippen LogP contribution is 2.31. The van der Waals surface area contributed by atoms with Gasteiger partial charge in [-0.3, -0.25) is 4.79 Å². The van der Waals surface area contributed by atoms with Crippen molar-refractivity contribution in [3.05, 3.63) is 0 Å². The van der Waals surface area contributed by atoms with Crippen molar-refractivity contribution in [2.45, 2.75) is 37.6 Å². The topological polar surface area (TPSA) is 66.8 Å². The maximum atomic E-state index is 12.0. The van der Waals surface area contributed by atoms with Gasteiger partial charge in [0.2, 0.25) is 5.91 Å². The van der Waals surface area contributed by atoms with Crippen LogP contribution >= 0.6 is 11.8 Å². The molecule has 1 rings (SSSR count). The van der Waals surface area contributed by atoms with E-state index < -0.39 is 12.0 Å². The van der Waals surface area contributed by atoms with Crippen molar-refractivity contribution in [3.8, 4) is 0 Å². The minimum atomic E-state index is -0.909. The quantitative estimate of drug-likeness (QED) is 0.727. The SMILES string of the molecule is CCC1SCC(C(=O)O)N1C(=O)CCCOC. The van der Waals surface area contributed by atoms with Gasteiger partial charge in [-0.15, -0.1) is 11.8 Å². The molecular weight excluding hydrogens is 242 g/mol. The average Bonchev–Trinajstić information content (AvgIpc) is 2.72. The summed E-state index contributed by atoms with van der Waals surface area (Å²) in [4.78, 5) is 24.6. The molecule has 1 fully saturated rings. The second-order valence-corrected chi connectivity index (χ2v) is 5.16. The first-order chi connectivity index (χ1) is 8.11. The zero-order chi connectivity index (χ0) is 12.8. The second kappa shape index (κ2) is 6.86. The van der Waals surface area contributed by atoms with Crippen LogP contribution in [0.4, 0.5) is 0 Å². The number of thioether (sulfide) groups is 1. The van der Waals surface area contributed by atoms with Crippen LogP contribution in [0, 0.1) is 0 Å². The molecule has 6 heteroatoms.